The first-order valence-electron chi connectivity index (χ1n) is 9.73. The maximum absolute atomic E-state index is 12.9. The third-order valence-corrected chi connectivity index (χ3v) is 5.19. The van der Waals surface area contributed by atoms with E-state index in [9.17, 15) is 9.59 Å². The Balaban J connectivity index is 1.70. The summed E-state index contributed by atoms with van der Waals surface area (Å²) in [5, 5.41) is 16.5. The van der Waals surface area contributed by atoms with Crippen LogP contribution in [0.25, 0.3) is 0 Å². The molecule has 0 saturated carbocycles. The Morgan fingerprint density at radius 1 is 1.29 bits per heavy atom. The van der Waals surface area contributed by atoms with E-state index in [-0.39, 0.29) is 24.4 Å². The van der Waals surface area contributed by atoms with E-state index in [1.807, 2.05) is 41.9 Å². The minimum atomic E-state index is -0.865. The van der Waals surface area contributed by atoms with Crippen LogP contribution < -0.4 is 5.32 Å². The molecule has 3 rings (SSSR count). The van der Waals surface area contributed by atoms with Crippen LogP contribution in [0.1, 0.15) is 53.3 Å². The van der Waals surface area contributed by atoms with Gasteiger partial charge in [-0.25, -0.2) is 0 Å². The molecule has 0 aliphatic carbocycles. The van der Waals surface area contributed by atoms with Gasteiger partial charge in [0.1, 0.15) is 0 Å². The second-order valence-corrected chi connectivity index (χ2v) is 7.22. The van der Waals surface area contributed by atoms with Crippen molar-refractivity contribution >= 4 is 11.9 Å². The number of carbonyl (C=O) groups excluding carboxylic acids is 1. The maximum atomic E-state index is 12.9. The summed E-state index contributed by atoms with van der Waals surface area (Å²) in [6.07, 6.45) is 4.36. The molecular formula is C21H27N3O4. The number of carboxylic acids is 1. The molecule has 7 heteroatoms. The summed E-state index contributed by atoms with van der Waals surface area (Å²) in [5.74, 6) is -1.07. The Bertz CT molecular complexity index is 797. The van der Waals surface area contributed by atoms with Crippen molar-refractivity contribution in [2.75, 3.05) is 13.2 Å². The molecule has 0 bridgehead atoms. The van der Waals surface area contributed by atoms with Crippen LogP contribution in [0.4, 0.5) is 0 Å². The van der Waals surface area contributed by atoms with Crippen LogP contribution in [-0.4, -0.2) is 46.0 Å². The number of ether oxygens (including phenoxy) is 1. The van der Waals surface area contributed by atoms with E-state index in [0.717, 1.165) is 24.1 Å². The van der Waals surface area contributed by atoms with Gasteiger partial charge in [-0.2, -0.15) is 5.10 Å². The van der Waals surface area contributed by atoms with Crippen molar-refractivity contribution in [2.24, 2.45) is 0 Å². The Hall–Kier alpha value is -2.67. The molecule has 28 heavy (non-hydrogen) atoms. The number of hydrogen-bond donors (Lipinski definition) is 2. The quantitative estimate of drug-likeness (QED) is 0.729. The summed E-state index contributed by atoms with van der Waals surface area (Å²) < 4.78 is 7.32. The highest BCUT2D eigenvalue weighted by Gasteiger charge is 2.23. The number of carbonyl (C=O) groups is 2. The molecule has 1 atom stereocenters. The highest BCUT2D eigenvalue weighted by atomic mass is 16.5. The Labute approximate surface area is 164 Å². The highest BCUT2D eigenvalue weighted by molar-refractivity contribution is 5.95. The van der Waals surface area contributed by atoms with Crippen molar-refractivity contribution in [2.45, 2.75) is 51.1 Å². The van der Waals surface area contributed by atoms with Gasteiger partial charge >= 0.3 is 5.97 Å². The molecule has 150 valence electrons. The Kier molecular flexibility index (Phi) is 6.81. The van der Waals surface area contributed by atoms with Gasteiger partial charge in [0.15, 0.2) is 0 Å². The molecule has 7 nitrogen and oxygen atoms in total. The lowest BCUT2D eigenvalue weighted by molar-refractivity contribution is -0.137. The molecule has 2 heterocycles. The molecule has 1 aliphatic heterocycles. The molecule has 2 N–H and O–H groups in total. The van der Waals surface area contributed by atoms with Crippen molar-refractivity contribution in [3.8, 4) is 0 Å². The highest BCUT2D eigenvalue weighted by Crippen LogP contribution is 2.23. The number of nitrogens with one attached hydrogen (secondary N) is 1. The van der Waals surface area contributed by atoms with E-state index in [4.69, 9.17) is 9.84 Å². The lowest BCUT2D eigenvalue weighted by atomic mass is 10.0. The van der Waals surface area contributed by atoms with Crippen molar-refractivity contribution in [3.63, 3.8) is 0 Å². The molecule has 1 unspecified atom stereocenters. The van der Waals surface area contributed by atoms with Gasteiger partial charge in [-0.1, -0.05) is 30.3 Å². The van der Waals surface area contributed by atoms with Gasteiger partial charge in [-0.15, -0.1) is 0 Å². The van der Waals surface area contributed by atoms with E-state index < -0.39 is 5.97 Å². The summed E-state index contributed by atoms with van der Waals surface area (Å²) in [4.78, 5) is 23.9. The number of amides is 1. The zero-order chi connectivity index (χ0) is 19.9. The Morgan fingerprint density at radius 2 is 2.00 bits per heavy atom. The number of aromatic nitrogens is 2. The number of benzene rings is 1. The predicted molar refractivity (Wildman–Crippen MR) is 104 cm³/mol. The number of carboxylic acid groups (broad SMARTS) is 1. The van der Waals surface area contributed by atoms with Crippen LogP contribution in [0.15, 0.2) is 36.5 Å². The summed E-state index contributed by atoms with van der Waals surface area (Å²) in [5.41, 5.74) is 2.44. The summed E-state index contributed by atoms with van der Waals surface area (Å²) in [7, 11) is 0. The van der Waals surface area contributed by atoms with E-state index >= 15 is 0 Å². The summed E-state index contributed by atoms with van der Waals surface area (Å²) in [6.45, 7) is 3.32. The average Bonchev–Trinajstić information content (AvgIpc) is 3.09. The lowest BCUT2D eigenvalue weighted by Gasteiger charge is -2.24. The van der Waals surface area contributed by atoms with Crippen LogP contribution in [0.3, 0.4) is 0 Å². The van der Waals surface area contributed by atoms with Crippen molar-refractivity contribution in [1.29, 1.82) is 0 Å². The molecule has 1 aromatic heterocycles. The number of hydrogen-bond acceptors (Lipinski definition) is 4. The number of nitrogens with zero attached hydrogens (tertiary/aromatic N) is 2. The molecule has 1 amide bonds. The molecule has 1 aromatic carbocycles. The van der Waals surface area contributed by atoms with Crippen LogP contribution in [-0.2, 0) is 16.0 Å². The van der Waals surface area contributed by atoms with Gasteiger partial charge in [0.2, 0.25) is 0 Å². The zero-order valence-electron chi connectivity index (χ0n) is 16.1. The van der Waals surface area contributed by atoms with Gasteiger partial charge in [0.05, 0.1) is 17.8 Å². The largest absolute Gasteiger partial charge is 0.481 e. The van der Waals surface area contributed by atoms with Crippen LogP contribution in [0.5, 0.6) is 0 Å². The van der Waals surface area contributed by atoms with E-state index in [1.54, 1.807) is 6.20 Å². The van der Waals surface area contributed by atoms with Crippen molar-refractivity contribution < 1.29 is 19.4 Å². The molecule has 1 saturated heterocycles. The molecule has 1 fully saturated rings. The monoisotopic (exact) mass is 385 g/mol. The standard InChI is InChI=1S/C21H27N3O4/c1-15-19(14-22-24(15)18-9-11-28-12-10-18)21(27)23-17(7-8-20(25)26)13-16-5-3-2-4-6-16/h2-6,14,17-18H,7-13H2,1H3,(H,23,27)(H,25,26). The first-order valence-corrected chi connectivity index (χ1v) is 9.73. The molecule has 0 radical (unpaired) electrons. The molecule has 0 spiro atoms. The molecule has 1 aliphatic rings. The fourth-order valence-electron chi connectivity index (χ4n) is 3.63. The first kappa shape index (κ1) is 20.1. The lowest BCUT2D eigenvalue weighted by Crippen LogP contribution is -2.37. The van der Waals surface area contributed by atoms with Crippen molar-refractivity contribution in [1.82, 2.24) is 15.1 Å². The molecule has 2 aromatic rings. The zero-order valence-corrected chi connectivity index (χ0v) is 16.1. The van der Waals surface area contributed by atoms with Gasteiger partial charge in [0.25, 0.3) is 5.91 Å². The Morgan fingerprint density at radius 3 is 2.68 bits per heavy atom. The van der Waals surface area contributed by atoms with Crippen molar-refractivity contribution in [3.05, 3.63) is 53.3 Å². The van der Waals surface area contributed by atoms with E-state index in [0.29, 0.717) is 31.6 Å². The molecular weight excluding hydrogens is 358 g/mol. The van der Waals surface area contributed by atoms with E-state index in [1.165, 1.54) is 0 Å². The number of aliphatic carboxylic acids is 1. The second-order valence-electron chi connectivity index (χ2n) is 7.22. The second kappa shape index (κ2) is 9.50. The summed E-state index contributed by atoms with van der Waals surface area (Å²) >= 11 is 0. The number of rotatable bonds is 8. The van der Waals surface area contributed by atoms with Crippen LogP contribution in [0.2, 0.25) is 0 Å². The van der Waals surface area contributed by atoms with Gasteiger partial charge in [0, 0.05) is 31.4 Å². The predicted octanol–water partition coefficient (Wildman–Crippen LogP) is 2.75. The fourth-order valence-corrected chi connectivity index (χ4v) is 3.63. The first-order chi connectivity index (χ1) is 13.5. The third kappa shape index (κ3) is 5.19. The summed E-state index contributed by atoms with van der Waals surface area (Å²) in [6, 6.07) is 9.77. The SMILES string of the molecule is Cc1c(C(=O)NC(CCC(=O)O)Cc2ccccc2)cnn1C1CCOCC1. The topological polar surface area (TPSA) is 93.5 Å². The minimum Gasteiger partial charge on any atom is -0.481 e. The minimum absolute atomic E-state index is 0.0120. The van der Waals surface area contributed by atoms with Crippen LogP contribution in [0, 0.1) is 6.92 Å². The maximum Gasteiger partial charge on any atom is 0.303 e. The van der Waals surface area contributed by atoms with Gasteiger partial charge < -0.3 is 15.2 Å². The average molecular weight is 385 g/mol. The third-order valence-electron chi connectivity index (χ3n) is 5.19. The normalized spacial score (nSPS) is 15.9. The van der Waals surface area contributed by atoms with Gasteiger partial charge in [-0.05, 0) is 38.2 Å². The van der Waals surface area contributed by atoms with Crippen LogP contribution >= 0.6 is 0 Å². The van der Waals surface area contributed by atoms with Gasteiger partial charge in [-0.3, -0.25) is 14.3 Å². The fraction of sp³-hybridized carbons (Fsp3) is 0.476. The smallest absolute Gasteiger partial charge is 0.303 e. The van der Waals surface area contributed by atoms with E-state index in [2.05, 4.69) is 10.4 Å².